The standard InChI is InChI=1S/C14H30N2O/c1-11(10-17)12(2)16-14(9-15)13-7-5-3-4-6-8-13/h11-14,16-17H,3-10,15H2,1-2H3. The fraction of sp³-hybridized carbons (Fsp3) is 1.00. The third kappa shape index (κ3) is 4.94. The van der Waals surface area contributed by atoms with Crippen LogP contribution in [0.3, 0.4) is 0 Å². The molecule has 3 unspecified atom stereocenters. The Kier molecular flexibility index (Phi) is 7.09. The first-order valence-corrected chi connectivity index (χ1v) is 7.26. The Balaban J connectivity index is 2.45. The molecule has 3 atom stereocenters. The van der Waals surface area contributed by atoms with Crippen molar-refractivity contribution in [3.63, 3.8) is 0 Å². The number of aliphatic hydroxyl groups excluding tert-OH is 1. The predicted molar refractivity (Wildman–Crippen MR) is 72.9 cm³/mol. The summed E-state index contributed by atoms with van der Waals surface area (Å²) in [6, 6.07) is 0.772. The molecule has 0 saturated heterocycles. The number of hydrogen-bond acceptors (Lipinski definition) is 3. The summed E-state index contributed by atoms with van der Waals surface area (Å²) in [4.78, 5) is 0. The largest absolute Gasteiger partial charge is 0.396 e. The van der Waals surface area contributed by atoms with E-state index in [0.29, 0.717) is 24.5 Å². The van der Waals surface area contributed by atoms with Gasteiger partial charge in [0.25, 0.3) is 0 Å². The summed E-state index contributed by atoms with van der Waals surface area (Å²) in [5.41, 5.74) is 5.92. The molecule has 0 aliphatic heterocycles. The van der Waals surface area contributed by atoms with E-state index in [4.69, 9.17) is 5.73 Å². The van der Waals surface area contributed by atoms with E-state index in [0.717, 1.165) is 5.92 Å². The van der Waals surface area contributed by atoms with Gasteiger partial charge < -0.3 is 16.2 Å². The highest BCUT2D eigenvalue weighted by atomic mass is 16.3. The van der Waals surface area contributed by atoms with Crippen LogP contribution in [0.15, 0.2) is 0 Å². The highest BCUT2D eigenvalue weighted by Gasteiger charge is 2.24. The molecule has 1 saturated carbocycles. The highest BCUT2D eigenvalue weighted by molar-refractivity contribution is 4.82. The molecule has 0 aromatic carbocycles. The highest BCUT2D eigenvalue weighted by Crippen LogP contribution is 2.25. The lowest BCUT2D eigenvalue weighted by Gasteiger charge is -2.31. The maximum absolute atomic E-state index is 9.17. The Bertz CT molecular complexity index is 191. The van der Waals surface area contributed by atoms with Crippen molar-refractivity contribution in [2.24, 2.45) is 17.6 Å². The monoisotopic (exact) mass is 242 g/mol. The van der Waals surface area contributed by atoms with Gasteiger partial charge in [0.1, 0.15) is 0 Å². The number of rotatable bonds is 6. The Morgan fingerprint density at radius 2 is 1.76 bits per heavy atom. The topological polar surface area (TPSA) is 58.3 Å². The first-order valence-electron chi connectivity index (χ1n) is 7.26. The van der Waals surface area contributed by atoms with E-state index in [-0.39, 0.29) is 6.61 Å². The van der Waals surface area contributed by atoms with Gasteiger partial charge in [0, 0.05) is 25.2 Å². The second-order valence-corrected chi connectivity index (χ2v) is 5.71. The molecule has 0 aromatic rings. The van der Waals surface area contributed by atoms with Gasteiger partial charge in [-0.05, 0) is 31.6 Å². The van der Waals surface area contributed by atoms with Crippen LogP contribution < -0.4 is 11.1 Å². The van der Waals surface area contributed by atoms with Crippen LogP contribution in [0, 0.1) is 11.8 Å². The van der Waals surface area contributed by atoms with Crippen LogP contribution in [-0.2, 0) is 0 Å². The van der Waals surface area contributed by atoms with Gasteiger partial charge in [0.15, 0.2) is 0 Å². The molecular formula is C14H30N2O. The minimum Gasteiger partial charge on any atom is -0.396 e. The second kappa shape index (κ2) is 8.06. The average Bonchev–Trinajstić information content (AvgIpc) is 2.63. The molecule has 102 valence electrons. The first kappa shape index (κ1) is 14.9. The van der Waals surface area contributed by atoms with Gasteiger partial charge in [-0.15, -0.1) is 0 Å². The lowest BCUT2D eigenvalue weighted by Crippen LogP contribution is -2.48. The molecule has 1 fully saturated rings. The summed E-state index contributed by atoms with van der Waals surface area (Å²) in [5.74, 6) is 1.03. The van der Waals surface area contributed by atoms with Crippen LogP contribution in [0.4, 0.5) is 0 Å². The van der Waals surface area contributed by atoms with Gasteiger partial charge in [-0.2, -0.15) is 0 Å². The molecule has 0 amide bonds. The molecule has 1 aliphatic rings. The van der Waals surface area contributed by atoms with Gasteiger partial charge in [-0.1, -0.05) is 32.6 Å². The SMILES string of the molecule is CC(CO)C(C)NC(CN)C1CCCCCC1. The molecule has 0 radical (unpaired) electrons. The smallest absolute Gasteiger partial charge is 0.0471 e. The summed E-state index contributed by atoms with van der Waals surface area (Å²) < 4.78 is 0. The van der Waals surface area contributed by atoms with Crippen molar-refractivity contribution >= 4 is 0 Å². The van der Waals surface area contributed by atoms with E-state index >= 15 is 0 Å². The minimum absolute atomic E-state index is 0.246. The summed E-state index contributed by atoms with van der Waals surface area (Å²) in [6.45, 7) is 5.20. The van der Waals surface area contributed by atoms with Crippen LogP contribution in [0.2, 0.25) is 0 Å². The van der Waals surface area contributed by atoms with Crippen molar-refractivity contribution in [2.75, 3.05) is 13.2 Å². The molecule has 17 heavy (non-hydrogen) atoms. The maximum atomic E-state index is 9.17. The fourth-order valence-corrected chi connectivity index (χ4v) is 2.77. The minimum atomic E-state index is 0.246. The molecule has 3 heteroatoms. The molecule has 0 aromatic heterocycles. The van der Waals surface area contributed by atoms with Gasteiger partial charge >= 0.3 is 0 Å². The van der Waals surface area contributed by atoms with Crippen LogP contribution >= 0.6 is 0 Å². The number of nitrogens with two attached hydrogens (primary N) is 1. The number of aliphatic hydroxyl groups is 1. The van der Waals surface area contributed by atoms with Gasteiger partial charge in [0.05, 0.1) is 0 Å². The predicted octanol–water partition coefficient (Wildman–Crippen LogP) is 1.89. The second-order valence-electron chi connectivity index (χ2n) is 5.71. The molecule has 1 rings (SSSR count). The quantitative estimate of drug-likeness (QED) is 0.623. The zero-order valence-corrected chi connectivity index (χ0v) is 11.5. The third-order valence-electron chi connectivity index (χ3n) is 4.34. The molecule has 3 nitrogen and oxygen atoms in total. The van der Waals surface area contributed by atoms with Crippen molar-refractivity contribution in [1.82, 2.24) is 5.32 Å². The Labute approximate surface area is 106 Å². The van der Waals surface area contributed by atoms with Crippen LogP contribution in [0.25, 0.3) is 0 Å². The van der Waals surface area contributed by atoms with Crippen LogP contribution in [0.5, 0.6) is 0 Å². The van der Waals surface area contributed by atoms with Crippen molar-refractivity contribution in [2.45, 2.75) is 64.5 Å². The fourth-order valence-electron chi connectivity index (χ4n) is 2.77. The molecule has 0 heterocycles. The van der Waals surface area contributed by atoms with E-state index in [1.165, 1.54) is 38.5 Å². The number of nitrogens with one attached hydrogen (secondary N) is 1. The summed E-state index contributed by atoms with van der Waals surface area (Å²) in [5, 5.41) is 12.8. The summed E-state index contributed by atoms with van der Waals surface area (Å²) in [6.07, 6.45) is 8.11. The first-order chi connectivity index (χ1) is 8.19. The van der Waals surface area contributed by atoms with E-state index in [2.05, 4.69) is 19.2 Å². The van der Waals surface area contributed by atoms with Crippen LogP contribution in [-0.4, -0.2) is 30.3 Å². The lowest BCUT2D eigenvalue weighted by molar-refractivity contribution is 0.188. The van der Waals surface area contributed by atoms with E-state index < -0.39 is 0 Å². The Morgan fingerprint density at radius 3 is 2.24 bits per heavy atom. The zero-order chi connectivity index (χ0) is 12.7. The Morgan fingerprint density at radius 1 is 1.18 bits per heavy atom. The van der Waals surface area contributed by atoms with Gasteiger partial charge in [-0.25, -0.2) is 0 Å². The van der Waals surface area contributed by atoms with Gasteiger partial charge in [-0.3, -0.25) is 0 Å². The normalized spacial score (nSPS) is 24.0. The summed E-state index contributed by atoms with van der Waals surface area (Å²) in [7, 11) is 0. The maximum Gasteiger partial charge on any atom is 0.0471 e. The van der Waals surface area contributed by atoms with E-state index in [9.17, 15) is 5.11 Å². The van der Waals surface area contributed by atoms with Crippen molar-refractivity contribution in [1.29, 1.82) is 0 Å². The third-order valence-corrected chi connectivity index (χ3v) is 4.34. The van der Waals surface area contributed by atoms with Crippen molar-refractivity contribution < 1.29 is 5.11 Å². The van der Waals surface area contributed by atoms with Gasteiger partial charge in [0.2, 0.25) is 0 Å². The van der Waals surface area contributed by atoms with E-state index in [1.54, 1.807) is 0 Å². The van der Waals surface area contributed by atoms with Crippen LogP contribution in [0.1, 0.15) is 52.4 Å². The molecular weight excluding hydrogens is 212 g/mol. The molecule has 1 aliphatic carbocycles. The molecule has 0 bridgehead atoms. The van der Waals surface area contributed by atoms with E-state index in [1.807, 2.05) is 0 Å². The van der Waals surface area contributed by atoms with Crippen molar-refractivity contribution in [3.8, 4) is 0 Å². The number of hydrogen-bond donors (Lipinski definition) is 3. The molecule has 0 spiro atoms. The lowest BCUT2D eigenvalue weighted by atomic mass is 9.90. The average molecular weight is 242 g/mol. The zero-order valence-electron chi connectivity index (χ0n) is 11.5. The summed E-state index contributed by atoms with van der Waals surface area (Å²) >= 11 is 0. The molecule has 4 N–H and O–H groups in total. The Hall–Kier alpha value is -0.120. The van der Waals surface area contributed by atoms with Crippen molar-refractivity contribution in [3.05, 3.63) is 0 Å².